The summed E-state index contributed by atoms with van der Waals surface area (Å²) < 4.78 is 28.4. The Morgan fingerprint density at radius 1 is 1.29 bits per heavy atom. The maximum absolute atomic E-state index is 12.2. The van der Waals surface area contributed by atoms with Crippen molar-refractivity contribution in [2.75, 3.05) is 31.2 Å². The molecule has 2 rings (SSSR count). The van der Waals surface area contributed by atoms with Gasteiger partial charge in [-0.1, -0.05) is 18.2 Å². The van der Waals surface area contributed by atoms with Crippen LogP contribution < -0.4 is 10.1 Å². The molecule has 2 amide bonds. The third-order valence-electron chi connectivity index (χ3n) is 3.86. The maximum atomic E-state index is 12.2. The van der Waals surface area contributed by atoms with Crippen LogP contribution in [0.5, 0.6) is 5.75 Å². The number of para-hydroxylation sites is 1. The first kappa shape index (κ1) is 18.3. The molecule has 7 nitrogen and oxygen atoms in total. The second kappa shape index (κ2) is 8.14. The normalized spacial score (nSPS) is 18.8. The van der Waals surface area contributed by atoms with Gasteiger partial charge in [0.25, 0.3) is 5.91 Å². The second-order valence-electron chi connectivity index (χ2n) is 5.62. The van der Waals surface area contributed by atoms with Crippen molar-refractivity contribution in [3.05, 3.63) is 30.3 Å². The molecule has 0 aromatic heterocycles. The molecular formula is C16H22N2O5S. The zero-order chi connectivity index (χ0) is 17.6. The molecule has 0 aliphatic carbocycles. The molecule has 0 radical (unpaired) electrons. The Hall–Kier alpha value is -2.09. The minimum absolute atomic E-state index is 0.00234. The molecule has 0 saturated carbocycles. The van der Waals surface area contributed by atoms with Gasteiger partial charge in [0.2, 0.25) is 5.91 Å². The average Bonchev–Trinajstić information content (AvgIpc) is 2.92. The highest BCUT2D eigenvalue weighted by Gasteiger charge is 2.33. The summed E-state index contributed by atoms with van der Waals surface area (Å²) >= 11 is 0. The number of likely N-dealkylation sites (N-methyl/N-ethyl adjacent to an activating group) is 1. The molecule has 1 unspecified atom stereocenters. The highest BCUT2D eigenvalue weighted by molar-refractivity contribution is 7.91. The summed E-state index contributed by atoms with van der Waals surface area (Å²) in [5.41, 5.74) is 0. The molecule has 1 aromatic carbocycles. The fraction of sp³-hybridized carbons (Fsp3) is 0.500. The maximum Gasteiger partial charge on any atom is 0.258 e. The van der Waals surface area contributed by atoms with Gasteiger partial charge < -0.3 is 15.0 Å². The molecule has 1 N–H and O–H groups in total. The van der Waals surface area contributed by atoms with Gasteiger partial charge in [0.15, 0.2) is 16.4 Å². The minimum Gasteiger partial charge on any atom is -0.484 e. The van der Waals surface area contributed by atoms with Gasteiger partial charge in [-0.3, -0.25) is 9.59 Å². The largest absolute Gasteiger partial charge is 0.484 e. The van der Waals surface area contributed by atoms with Crippen LogP contribution in [0.2, 0.25) is 0 Å². The molecule has 132 valence electrons. The van der Waals surface area contributed by atoms with Crippen LogP contribution in [0.15, 0.2) is 30.3 Å². The molecule has 1 fully saturated rings. The smallest absolute Gasteiger partial charge is 0.258 e. The number of amides is 2. The van der Waals surface area contributed by atoms with Crippen molar-refractivity contribution in [3.63, 3.8) is 0 Å². The predicted octanol–water partition coefficient (Wildman–Crippen LogP) is 0.217. The van der Waals surface area contributed by atoms with Crippen LogP contribution in [-0.2, 0) is 19.4 Å². The standard InChI is InChI=1S/C16H22N2O5S/c1-2-18(13-8-9-24(21,22)12-13)16(20)10-17-15(19)11-23-14-6-4-3-5-7-14/h3-7,13H,2,8-12H2,1H3,(H,17,19). The Kier molecular flexibility index (Phi) is 6.19. The molecule has 1 atom stereocenters. The predicted molar refractivity (Wildman–Crippen MR) is 89.4 cm³/mol. The molecule has 1 aliphatic rings. The number of rotatable bonds is 7. The molecule has 1 saturated heterocycles. The van der Waals surface area contributed by atoms with Gasteiger partial charge in [0.05, 0.1) is 18.1 Å². The number of ether oxygens (including phenoxy) is 1. The van der Waals surface area contributed by atoms with E-state index < -0.39 is 15.7 Å². The molecule has 1 heterocycles. The number of nitrogens with zero attached hydrogens (tertiary/aromatic N) is 1. The summed E-state index contributed by atoms with van der Waals surface area (Å²) in [6.07, 6.45) is 0.451. The van der Waals surface area contributed by atoms with E-state index in [-0.39, 0.29) is 36.6 Å². The number of hydrogen-bond donors (Lipinski definition) is 1. The molecule has 0 spiro atoms. The van der Waals surface area contributed by atoms with Crippen molar-refractivity contribution < 1.29 is 22.7 Å². The Balaban J connectivity index is 1.77. The first-order valence-electron chi connectivity index (χ1n) is 7.85. The van der Waals surface area contributed by atoms with E-state index in [0.717, 1.165) is 0 Å². The third-order valence-corrected chi connectivity index (χ3v) is 5.61. The molecule has 8 heteroatoms. The van der Waals surface area contributed by atoms with Crippen LogP contribution in [0.1, 0.15) is 13.3 Å². The van der Waals surface area contributed by atoms with Gasteiger partial charge in [0.1, 0.15) is 5.75 Å². The average molecular weight is 354 g/mol. The summed E-state index contributed by atoms with van der Waals surface area (Å²) in [5.74, 6) is -0.00334. The first-order valence-corrected chi connectivity index (χ1v) is 9.68. The molecular weight excluding hydrogens is 332 g/mol. The topological polar surface area (TPSA) is 92.8 Å². The monoisotopic (exact) mass is 354 g/mol. The molecule has 1 aliphatic heterocycles. The lowest BCUT2D eigenvalue weighted by Crippen LogP contribution is -2.46. The van der Waals surface area contributed by atoms with Crippen LogP contribution in [0.4, 0.5) is 0 Å². The Labute approximate surface area is 141 Å². The van der Waals surface area contributed by atoms with Crippen molar-refractivity contribution >= 4 is 21.7 Å². The quantitative estimate of drug-likeness (QED) is 0.756. The fourth-order valence-corrected chi connectivity index (χ4v) is 4.38. The SMILES string of the molecule is CCN(C(=O)CNC(=O)COc1ccccc1)C1CCS(=O)(=O)C1. The Bertz CT molecular complexity index is 675. The summed E-state index contributed by atoms with van der Waals surface area (Å²) in [6, 6.07) is 8.60. The van der Waals surface area contributed by atoms with E-state index in [1.807, 2.05) is 6.07 Å². The highest BCUT2D eigenvalue weighted by Crippen LogP contribution is 2.17. The van der Waals surface area contributed by atoms with Crippen molar-refractivity contribution in [3.8, 4) is 5.75 Å². The summed E-state index contributed by atoms with van der Waals surface area (Å²) in [7, 11) is -3.06. The molecule has 1 aromatic rings. The highest BCUT2D eigenvalue weighted by atomic mass is 32.2. The van der Waals surface area contributed by atoms with Gasteiger partial charge in [-0.15, -0.1) is 0 Å². The Morgan fingerprint density at radius 3 is 2.58 bits per heavy atom. The Morgan fingerprint density at radius 2 is 2.00 bits per heavy atom. The third kappa shape index (κ3) is 5.23. The zero-order valence-corrected chi connectivity index (χ0v) is 14.4. The minimum atomic E-state index is -3.06. The summed E-state index contributed by atoms with van der Waals surface area (Å²) in [5, 5.41) is 2.51. The molecule has 24 heavy (non-hydrogen) atoms. The summed E-state index contributed by atoms with van der Waals surface area (Å²) in [4.78, 5) is 25.5. The lowest BCUT2D eigenvalue weighted by atomic mass is 10.2. The van der Waals surface area contributed by atoms with Crippen LogP contribution in [0.25, 0.3) is 0 Å². The van der Waals surface area contributed by atoms with E-state index in [1.54, 1.807) is 31.2 Å². The van der Waals surface area contributed by atoms with Gasteiger partial charge in [0, 0.05) is 12.6 Å². The van der Waals surface area contributed by atoms with E-state index in [1.165, 1.54) is 4.90 Å². The summed E-state index contributed by atoms with van der Waals surface area (Å²) in [6.45, 7) is 1.86. The van der Waals surface area contributed by atoms with Gasteiger partial charge in [-0.05, 0) is 25.5 Å². The van der Waals surface area contributed by atoms with Crippen LogP contribution in [0.3, 0.4) is 0 Å². The van der Waals surface area contributed by atoms with E-state index in [4.69, 9.17) is 4.74 Å². The number of carbonyl (C=O) groups excluding carboxylic acids is 2. The number of hydrogen-bond acceptors (Lipinski definition) is 5. The zero-order valence-electron chi connectivity index (χ0n) is 13.6. The lowest BCUT2D eigenvalue weighted by molar-refractivity contribution is -0.134. The van der Waals surface area contributed by atoms with Crippen LogP contribution in [-0.4, -0.2) is 62.4 Å². The van der Waals surface area contributed by atoms with Crippen molar-refractivity contribution in [2.45, 2.75) is 19.4 Å². The number of nitrogens with one attached hydrogen (secondary N) is 1. The van der Waals surface area contributed by atoms with E-state index in [9.17, 15) is 18.0 Å². The van der Waals surface area contributed by atoms with Crippen molar-refractivity contribution in [2.24, 2.45) is 0 Å². The first-order chi connectivity index (χ1) is 11.4. The van der Waals surface area contributed by atoms with Gasteiger partial charge in [-0.2, -0.15) is 0 Å². The fourth-order valence-electron chi connectivity index (χ4n) is 2.65. The lowest BCUT2D eigenvalue weighted by Gasteiger charge is -2.26. The number of carbonyl (C=O) groups is 2. The van der Waals surface area contributed by atoms with Crippen LogP contribution in [0, 0.1) is 0 Å². The van der Waals surface area contributed by atoms with Crippen LogP contribution >= 0.6 is 0 Å². The number of sulfone groups is 1. The molecule has 0 bridgehead atoms. The van der Waals surface area contributed by atoms with Gasteiger partial charge in [-0.25, -0.2) is 8.42 Å². The van der Waals surface area contributed by atoms with Crippen molar-refractivity contribution in [1.82, 2.24) is 10.2 Å². The van der Waals surface area contributed by atoms with Crippen molar-refractivity contribution in [1.29, 1.82) is 0 Å². The van der Waals surface area contributed by atoms with E-state index in [2.05, 4.69) is 5.32 Å². The van der Waals surface area contributed by atoms with E-state index in [0.29, 0.717) is 18.7 Å². The number of benzene rings is 1. The van der Waals surface area contributed by atoms with Gasteiger partial charge >= 0.3 is 0 Å². The van der Waals surface area contributed by atoms with E-state index >= 15 is 0 Å². The second-order valence-corrected chi connectivity index (χ2v) is 7.84.